The number of aliphatic hydroxyl groups excluding tert-OH is 1. The Balaban J connectivity index is 1.29. The van der Waals surface area contributed by atoms with E-state index >= 15 is 0 Å². The number of benzene rings is 1. The minimum atomic E-state index is -0.620. The molecule has 1 aliphatic heterocycles. The third-order valence-corrected chi connectivity index (χ3v) is 6.39. The van der Waals surface area contributed by atoms with Crippen molar-refractivity contribution < 1.29 is 14.6 Å². The lowest BCUT2D eigenvalue weighted by Gasteiger charge is -2.20. The fourth-order valence-electron chi connectivity index (χ4n) is 4.38. The van der Waals surface area contributed by atoms with Crippen LogP contribution in [-0.2, 0) is 24.3 Å². The van der Waals surface area contributed by atoms with Gasteiger partial charge < -0.3 is 20.1 Å². The van der Waals surface area contributed by atoms with E-state index < -0.39 is 6.10 Å². The molecule has 3 atom stereocenters. The zero-order valence-electron chi connectivity index (χ0n) is 19.4. The van der Waals surface area contributed by atoms with Crippen LogP contribution in [0.3, 0.4) is 0 Å². The van der Waals surface area contributed by atoms with Crippen molar-refractivity contribution in [2.24, 2.45) is 0 Å². The van der Waals surface area contributed by atoms with Crippen molar-refractivity contribution in [3.05, 3.63) is 81.9 Å². The zero-order chi connectivity index (χ0) is 24.1. The van der Waals surface area contributed by atoms with Crippen molar-refractivity contribution in [3.8, 4) is 0 Å². The topological polar surface area (TPSA) is 103 Å². The van der Waals surface area contributed by atoms with Crippen LogP contribution < -0.4 is 5.32 Å². The summed E-state index contributed by atoms with van der Waals surface area (Å²) in [6, 6.07) is 13.4. The molecule has 3 aromatic rings. The van der Waals surface area contributed by atoms with E-state index in [2.05, 4.69) is 20.5 Å². The van der Waals surface area contributed by atoms with Crippen LogP contribution in [0.25, 0.3) is 0 Å². The van der Waals surface area contributed by atoms with Gasteiger partial charge in [-0.25, -0.2) is 4.98 Å². The first-order chi connectivity index (χ1) is 16.4. The Morgan fingerprint density at radius 1 is 1.26 bits per heavy atom. The molecule has 3 heterocycles. The summed E-state index contributed by atoms with van der Waals surface area (Å²) >= 11 is 5.84. The molecule has 9 heteroatoms. The molecule has 0 unspecified atom stereocenters. The molecule has 2 aromatic heterocycles. The van der Waals surface area contributed by atoms with E-state index in [-0.39, 0.29) is 18.0 Å². The fourth-order valence-corrected chi connectivity index (χ4v) is 4.49. The number of ether oxygens (including phenoxy) is 1. The molecule has 180 valence electrons. The molecule has 1 amide bonds. The third kappa shape index (κ3) is 6.01. The van der Waals surface area contributed by atoms with E-state index in [1.165, 1.54) is 0 Å². The number of nitrogens with zero attached hydrogens (tertiary/aromatic N) is 3. The first kappa shape index (κ1) is 24.3. The number of hydrogen-bond acceptors (Lipinski definition) is 6. The van der Waals surface area contributed by atoms with Crippen molar-refractivity contribution >= 4 is 17.5 Å². The summed E-state index contributed by atoms with van der Waals surface area (Å²) in [6.45, 7) is 0.875. The van der Waals surface area contributed by atoms with Crippen LogP contribution in [0.1, 0.15) is 51.8 Å². The maximum atomic E-state index is 12.8. The van der Waals surface area contributed by atoms with E-state index in [1.807, 2.05) is 36.4 Å². The molecule has 3 N–H and O–H groups in total. The van der Waals surface area contributed by atoms with E-state index in [0.29, 0.717) is 23.9 Å². The summed E-state index contributed by atoms with van der Waals surface area (Å²) in [6.07, 6.45) is 3.70. The number of aliphatic hydroxyl groups is 1. The van der Waals surface area contributed by atoms with E-state index in [4.69, 9.17) is 16.3 Å². The van der Waals surface area contributed by atoms with Gasteiger partial charge in [-0.2, -0.15) is 5.10 Å². The Morgan fingerprint density at radius 2 is 2.06 bits per heavy atom. The summed E-state index contributed by atoms with van der Waals surface area (Å²) < 4.78 is 5.08. The highest BCUT2D eigenvalue weighted by atomic mass is 35.5. The number of methoxy groups -OCH3 is 1. The minimum absolute atomic E-state index is 0.0191. The Labute approximate surface area is 204 Å². The van der Waals surface area contributed by atoms with Crippen LogP contribution in [0, 0.1) is 0 Å². The number of aromatic amines is 1. The molecule has 8 nitrogen and oxygen atoms in total. The SMILES string of the molecule is COCc1cc(CN(C)C(=O)c2ccc(C[C@@H]3CC[C@H]([C@H](O)c4ccc(Cl)nc4)N3)cc2)[nH]n1. The lowest BCUT2D eigenvalue weighted by Crippen LogP contribution is -2.35. The molecule has 0 radical (unpaired) electrons. The highest BCUT2D eigenvalue weighted by Gasteiger charge is 2.30. The summed E-state index contributed by atoms with van der Waals surface area (Å²) in [7, 11) is 3.40. The van der Waals surface area contributed by atoms with Crippen molar-refractivity contribution in [2.75, 3.05) is 14.2 Å². The molecule has 4 rings (SSSR count). The molecule has 0 spiro atoms. The molecule has 0 saturated carbocycles. The number of H-pyrrole nitrogens is 1. The van der Waals surface area contributed by atoms with E-state index in [9.17, 15) is 9.90 Å². The molecule has 1 fully saturated rings. The maximum Gasteiger partial charge on any atom is 0.253 e. The van der Waals surface area contributed by atoms with E-state index in [1.54, 1.807) is 31.3 Å². The van der Waals surface area contributed by atoms with Crippen LogP contribution in [0.15, 0.2) is 48.7 Å². The zero-order valence-corrected chi connectivity index (χ0v) is 20.1. The van der Waals surface area contributed by atoms with Gasteiger partial charge in [-0.1, -0.05) is 29.8 Å². The standard InChI is InChI=1S/C25H30ClN5O3/c1-31(14-20-12-21(15-34-2)30-29-20)25(33)17-5-3-16(4-6-17)11-19-8-9-22(28-19)24(32)18-7-10-23(26)27-13-18/h3-7,10,12-13,19,22,24,28,32H,8-9,11,14-15H2,1-2H3,(H,29,30)/t19-,22+,24+/m0/s1. The molecule has 1 aromatic carbocycles. The van der Waals surface area contributed by atoms with Gasteiger partial charge in [-0.05, 0) is 49.1 Å². The minimum Gasteiger partial charge on any atom is -0.387 e. The highest BCUT2D eigenvalue weighted by Crippen LogP contribution is 2.27. The monoisotopic (exact) mass is 483 g/mol. The maximum absolute atomic E-state index is 12.8. The Bertz CT molecular complexity index is 1090. The molecular formula is C25H30ClN5O3. The van der Waals surface area contributed by atoms with Gasteiger partial charge in [0.15, 0.2) is 0 Å². The average molecular weight is 484 g/mol. The second kappa shape index (κ2) is 11.1. The van der Waals surface area contributed by atoms with Crippen molar-refractivity contribution in [1.29, 1.82) is 0 Å². The van der Waals surface area contributed by atoms with Gasteiger partial charge in [0, 0.05) is 43.6 Å². The smallest absolute Gasteiger partial charge is 0.253 e. The molecule has 0 bridgehead atoms. The summed E-state index contributed by atoms with van der Waals surface area (Å²) in [4.78, 5) is 18.5. The molecule has 1 saturated heterocycles. The third-order valence-electron chi connectivity index (χ3n) is 6.16. The number of carbonyl (C=O) groups is 1. The van der Waals surface area contributed by atoms with Gasteiger partial charge in [0.1, 0.15) is 5.15 Å². The Hall–Kier alpha value is -2.78. The second-order valence-corrected chi connectivity index (χ2v) is 9.17. The average Bonchev–Trinajstić information content (AvgIpc) is 3.49. The van der Waals surface area contributed by atoms with Gasteiger partial charge in [-0.15, -0.1) is 0 Å². The van der Waals surface area contributed by atoms with Crippen LogP contribution in [0.2, 0.25) is 5.15 Å². The summed E-state index contributed by atoms with van der Waals surface area (Å²) in [5.41, 5.74) is 4.23. The van der Waals surface area contributed by atoms with Crippen LogP contribution in [0.5, 0.6) is 0 Å². The Morgan fingerprint density at radius 3 is 2.76 bits per heavy atom. The number of aromatic nitrogens is 3. The molecule has 34 heavy (non-hydrogen) atoms. The predicted molar refractivity (Wildman–Crippen MR) is 129 cm³/mol. The number of rotatable bonds is 9. The first-order valence-electron chi connectivity index (χ1n) is 11.3. The second-order valence-electron chi connectivity index (χ2n) is 8.79. The van der Waals surface area contributed by atoms with Crippen LogP contribution >= 0.6 is 11.6 Å². The molecule has 1 aliphatic rings. The quantitative estimate of drug-likeness (QED) is 0.403. The number of nitrogens with one attached hydrogen (secondary N) is 2. The van der Waals surface area contributed by atoms with Gasteiger partial charge in [0.05, 0.1) is 30.6 Å². The predicted octanol–water partition coefficient (Wildman–Crippen LogP) is 3.27. The van der Waals surface area contributed by atoms with Gasteiger partial charge in [0.2, 0.25) is 0 Å². The summed E-state index contributed by atoms with van der Waals surface area (Å²) in [5.74, 6) is -0.0480. The van der Waals surface area contributed by atoms with Crippen LogP contribution in [-0.4, -0.2) is 57.3 Å². The van der Waals surface area contributed by atoms with Crippen LogP contribution in [0.4, 0.5) is 0 Å². The molecular weight excluding hydrogens is 454 g/mol. The van der Waals surface area contributed by atoms with Gasteiger partial charge in [0.25, 0.3) is 5.91 Å². The number of halogens is 1. The van der Waals surface area contributed by atoms with Crippen molar-refractivity contribution in [3.63, 3.8) is 0 Å². The fraction of sp³-hybridized carbons (Fsp3) is 0.400. The van der Waals surface area contributed by atoms with Gasteiger partial charge in [-0.3, -0.25) is 9.89 Å². The van der Waals surface area contributed by atoms with E-state index in [0.717, 1.165) is 41.8 Å². The number of pyridine rings is 1. The Kier molecular flexibility index (Phi) is 7.95. The summed E-state index contributed by atoms with van der Waals surface area (Å²) in [5, 5.41) is 21.7. The first-order valence-corrected chi connectivity index (χ1v) is 11.7. The van der Waals surface area contributed by atoms with Crippen molar-refractivity contribution in [1.82, 2.24) is 25.4 Å². The van der Waals surface area contributed by atoms with Crippen molar-refractivity contribution in [2.45, 2.75) is 50.6 Å². The lowest BCUT2D eigenvalue weighted by molar-refractivity contribution is 0.0783. The number of amides is 1. The normalized spacial score (nSPS) is 18.7. The highest BCUT2D eigenvalue weighted by molar-refractivity contribution is 6.29. The lowest BCUT2D eigenvalue weighted by atomic mass is 10.0. The largest absolute Gasteiger partial charge is 0.387 e. The number of hydrogen-bond donors (Lipinski definition) is 3. The van der Waals surface area contributed by atoms with Gasteiger partial charge >= 0.3 is 0 Å². The number of carbonyl (C=O) groups excluding carboxylic acids is 1. The molecule has 0 aliphatic carbocycles.